The summed E-state index contributed by atoms with van der Waals surface area (Å²) in [6.45, 7) is 0. The van der Waals surface area contributed by atoms with Gasteiger partial charge < -0.3 is 5.11 Å². The summed E-state index contributed by atoms with van der Waals surface area (Å²) in [6.07, 6.45) is 0.639. The van der Waals surface area contributed by atoms with Crippen LogP contribution in [0.1, 0.15) is 20.7 Å². The summed E-state index contributed by atoms with van der Waals surface area (Å²) in [5, 5.41) is 8.75. The van der Waals surface area contributed by atoms with Crippen molar-refractivity contribution in [1.82, 2.24) is 0 Å². The van der Waals surface area contributed by atoms with Crippen LogP contribution in [0.5, 0.6) is 0 Å². The van der Waals surface area contributed by atoms with Crippen molar-refractivity contribution in [2.45, 2.75) is 0 Å². The van der Waals surface area contributed by atoms with Gasteiger partial charge in [0.05, 0.1) is 5.56 Å². The van der Waals surface area contributed by atoms with Gasteiger partial charge in [0.25, 0.3) is 0 Å². The lowest BCUT2D eigenvalue weighted by atomic mass is 9.99. The number of hydrogen-bond acceptors (Lipinski definition) is 2. The van der Waals surface area contributed by atoms with E-state index in [0.29, 0.717) is 17.4 Å². The van der Waals surface area contributed by atoms with E-state index in [9.17, 15) is 14.0 Å². The molecule has 2 rings (SSSR count). The van der Waals surface area contributed by atoms with Crippen molar-refractivity contribution in [2.75, 3.05) is 0 Å². The molecule has 0 radical (unpaired) electrons. The quantitative estimate of drug-likeness (QED) is 0.844. The Morgan fingerprint density at radius 3 is 2.44 bits per heavy atom. The molecule has 0 atom stereocenters. The first kappa shape index (κ1) is 12.0. The summed E-state index contributed by atoms with van der Waals surface area (Å²) in [5.41, 5.74) is 0.893. The van der Waals surface area contributed by atoms with Crippen molar-refractivity contribution in [3.05, 3.63) is 59.4 Å². The zero-order valence-electron chi connectivity index (χ0n) is 9.26. The Morgan fingerprint density at radius 1 is 1.11 bits per heavy atom. The van der Waals surface area contributed by atoms with Crippen LogP contribution in [0.4, 0.5) is 4.39 Å². The highest BCUT2D eigenvalue weighted by atomic mass is 19.1. The Kier molecular flexibility index (Phi) is 3.19. The lowest BCUT2D eigenvalue weighted by Gasteiger charge is -2.06. The first-order valence-corrected chi connectivity index (χ1v) is 5.21. The fourth-order valence-corrected chi connectivity index (χ4v) is 1.71. The molecule has 0 saturated carbocycles. The highest BCUT2D eigenvalue weighted by molar-refractivity contribution is 5.90. The molecule has 0 spiro atoms. The second-order valence-electron chi connectivity index (χ2n) is 3.70. The van der Waals surface area contributed by atoms with Gasteiger partial charge in [-0.15, -0.1) is 0 Å². The molecular formula is C14H9FO3. The molecule has 0 unspecified atom stereocenters. The highest BCUT2D eigenvalue weighted by Crippen LogP contribution is 2.26. The van der Waals surface area contributed by atoms with Gasteiger partial charge in [0, 0.05) is 11.1 Å². The summed E-state index contributed by atoms with van der Waals surface area (Å²) in [6, 6.07) is 10.2. The third-order valence-corrected chi connectivity index (χ3v) is 2.59. The lowest BCUT2D eigenvalue weighted by molar-refractivity contribution is 0.0696. The molecule has 0 aliphatic carbocycles. The highest BCUT2D eigenvalue weighted by Gasteiger charge is 2.12. The van der Waals surface area contributed by atoms with E-state index in [1.165, 1.54) is 12.1 Å². The molecule has 1 N–H and O–H groups in total. The van der Waals surface area contributed by atoms with Crippen LogP contribution >= 0.6 is 0 Å². The summed E-state index contributed by atoms with van der Waals surface area (Å²) in [7, 11) is 0. The number of carboxylic acid groups (broad SMARTS) is 1. The summed E-state index contributed by atoms with van der Waals surface area (Å²) < 4.78 is 13.8. The topological polar surface area (TPSA) is 54.4 Å². The van der Waals surface area contributed by atoms with Crippen molar-refractivity contribution in [1.29, 1.82) is 0 Å². The second-order valence-corrected chi connectivity index (χ2v) is 3.70. The number of hydrogen-bond donors (Lipinski definition) is 1. The number of halogens is 1. The first-order valence-electron chi connectivity index (χ1n) is 5.21. The van der Waals surface area contributed by atoms with Crippen molar-refractivity contribution in [2.24, 2.45) is 0 Å². The minimum absolute atomic E-state index is 0.125. The van der Waals surface area contributed by atoms with E-state index in [1.807, 2.05) is 0 Å². The van der Waals surface area contributed by atoms with E-state index in [4.69, 9.17) is 5.11 Å². The van der Waals surface area contributed by atoms with Crippen LogP contribution in [-0.4, -0.2) is 17.4 Å². The van der Waals surface area contributed by atoms with Crippen LogP contribution < -0.4 is 0 Å². The number of benzene rings is 2. The van der Waals surface area contributed by atoms with Crippen molar-refractivity contribution >= 4 is 12.3 Å². The maximum absolute atomic E-state index is 13.8. The third-order valence-electron chi connectivity index (χ3n) is 2.59. The fourth-order valence-electron chi connectivity index (χ4n) is 1.71. The molecule has 2 aromatic carbocycles. The van der Waals surface area contributed by atoms with Gasteiger partial charge in [0.1, 0.15) is 5.82 Å². The third kappa shape index (κ3) is 2.13. The molecule has 0 heterocycles. The largest absolute Gasteiger partial charge is 0.478 e. The minimum atomic E-state index is -1.19. The number of rotatable bonds is 3. The zero-order chi connectivity index (χ0) is 13.1. The number of carbonyl (C=O) groups is 2. The maximum Gasteiger partial charge on any atom is 0.335 e. The number of carboxylic acids is 1. The summed E-state index contributed by atoms with van der Waals surface area (Å²) in [5.74, 6) is -1.85. The van der Waals surface area contributed by atoms with Crippen LogP contribution in [0.3, 0.4) is 0 Å². The van der Waals surface area contributed by atoms with Crippen LogP contribution in [0.15, 0.2) is 42.5 Å². The second kappa shape index (κ2) is 4.79. The van der Waals surface area contributed by atoms with Gasteiger partial charge in [-0.2, -0.15) is 0 Å². The molecule has 0 amide bonds. The summed E-state index contributed by atoms with van der Waals surface area (Å²) in [4.78, 5) is 21.6. The van der Waals surface area contributed by atoms with E-state index < -0.39 is 11.8 Å². The zero-order valence-corrected chi connectivity index (χ0v) is 9.26. The van der Waals surface area contributed by atoms with Crippen LogP contribution in [-0.2, 0) is 0 Å². The Labute approximate surface area is 103 Å². The van der Waals surface area contributed by atoms with E-state index in [2.05, 4.69) is 0 Å². The molecule has 0 aliphatic rings. The Balaban J connectivity index is 2.58. The molecule has 3 nitrogen and oxygen atoms in total. The van der Waals surface area contributed by atoms with Gasteiger partial charge in [0.2, 0.25) is 0 Å². The van der Waals surface area contributed by atoms with Crippen LogP contribution in [0.25, 0.3) is 11.1 Å². The number of aldehydes is 1. The van der Waals surface area contributed by atoms with Gasteiger partial charge in [-0.05, 0) is 17.7 Å². The molecule has 0 aromatic heterocycles. The Bertz CT molecular complexity index is 620. The van der Waals surface area contributed by atoms with E-state index in [0.717, 1.165) is 6.07 Å². The predicted molar refractivity (Wildman–Crippen MR) is 64.2 cm³/mol. The molecule has 90 valence electrons. The number of carbonyl (C=O) groups excluding carboxylic acids is 1. The van der Waals surface area contributed by atoms with E-state index in [-0.39, 0.29) is 11.1 Å². The van der Waals surface area contributed by atoms with Crippen molar-refractivity contribution < 1.29 is 19.1 Å². The maximum atomic E-state index is 13.8. The monoisotopic (exact) mass is 244 g/mol. The minimum Gasteiger partial charge on any atom is -0.478 e. The first-order chi connectivity index (χ1) is 8.63. The van der Waals surface area contributed by atoms with Crippen molar-refractivity contribution in [3.63, 3.8) is 0 Å². The lowest BCUT2D eigenvalue weighted by Crippen LogP contribution is -1.98. The van der Waals surface area contributed by atoms with Crippen LogP contribution in [0, 0.1) is 5.82 Å². The van der Waals surface area contributed by atoms with Crippen molar-refractivity contribution in [3.8, 4) is 11.1 Å². The fraction of sp³-hybridized carbons (Fsp3) is 0. The van der Waals surface area contributed by atoms with Gasteiger partial charge in [0.15, 0.2) is 6.29 Å². The molecule has 0 fully saturated rings. The summed E-state index contributed by atoms with van der Waals surface area (Å²) >= 11 is 0. The molecule has 4 heteroatoms. The van der Waals surface area contributed by atoms with Crippen LogP contribution in [0.2, 0.25) is 0 Å². The van der Waals surface area contributed by atoms with E-state index in [1.54, 1.807) is 24.3 Å². The van der Waals surface area contributed by atoms with Gasteiger partial charge in [-0.25, -0.2) is 9.18 Å². The molecule has 0 bridgehead atoms. The Morgan fingerprint density at radius 2 is 1.83 bits per heavy atom. The van der Waals surface area contributed by atoms with Gasteiger partial charge in [-0.1, -0.05) is 30.3 Å². The molecule has 2 aromatic rings. The molecule has 0 saturated heterocycles. The van der Waals surface area contributed by atoms with Gasteiger partial charge >= 0.3 is 5.97 Å². The SMILES string of the molecule is O=Cc1ccccc1-c1ccc(C(=O)O)cc1F. The smallest absolute Gasteiger partial charge is 0.335 e. The van der Waals surface area contributed by atoms with Gasteiger partial charge in [-0.3, -0.25) is 4.79 Å². The average Bonchev–Trinajstić information content (AvgIpc) is 2.38. The Hall–Kier alpha value is -2.49. The molecule has 18 heavy (non-hydrogen) atoms. The normalized spacial score (nSPS) is 10.1. The number of aromatic carboxylic acids is 1. The van der Waals surface area contributed by atoms with E-state index >= 15 is 0 Å². The molecule has 0 aliphatic heterocycles. The predicted octanol–water partition coefficient (Wildman–Crippen LogP) is 3.00. The average molecular weight is 244 g/mol. The molecular weight excluding hydrogens is 235 g/mol. The standard InChI is InChI=1S/C14H9FO3/c15-13-7-9(14(17)18)5-6-12(13)11-4-2-1-3-10(11)8-16/h1-8H,(H,17,18).